The minimum atomic E-state index is -3.83. The van der Waals surface area contributed by atoms with E-state index in [0.717, 1.165) is 11.3 Å². The van der Waals surface area contributed by atoms with Gasteiger partial charge in [-0.2, -0.15) is 0 Å². The first-order chi connectivity index (χ1) is 17.3. The molecule has 0 fully saturated rings. The molecule has 0 radical (unpaired) electrons. The normalized spacial score (nSPS) is 11.0. The summed E-state index contributed by atoms with van der Waals surface area (Å²) in [7, 11) is -0.891. The lowest BCUT2D eigenvalue weighted by atomic mass is 10.3. The van der Waals surface area contributed by atoms with Crippen LogP contribution in [0.2, 0.25) is 0 Å². The van der Waals surface area contributed by atoms with Crippen LogP contribution in [0.5, 0.6) is 11.5 Å². The molecule has 4 aromatic rings. The number of nitrogens with zero attached hydrogens (tertiary/aromatic N) is 3. The van der Waals surface area contributed by atoms with Crippen LogP contribution in [0, 0.1) is 13.8 Å². The van der Waals surface area contributed by atoms with Gasteiger partial charge in [0.05, 0.1) is 19.1 Å². The van der Waals surface area contributed by atoms with E-state index in [0.29, 0.717) is 40.5 Å². The minimum absolute atomic E-state index is 0.0574. The highest BCUT2D eigenvalue weighted by atomic mass is 32.2. The molecular formula is C25H26N6O4S. The second-order valence-electron chi connectivity index (χ2n) is 7.85. The summed E-state index contributed by atoms with van der Waals surface area (Å²) in [4.78, 5) is 13.2. The molecule has 3 N–H and O–H groups in total. The SMILES string of the molecule is COc1ccc(S(=O)(=O)Nc2ccc(Nc3cc(Nc4cc(C)ccn4)nc(C)n3)cc2)cc1OC. The predicted octanol–water partition coefficient (Wildman–Crippen LogP) is 4.79. The summed E-state index contributed by atoms with van der Waals surface area (Å²) in [5.74, 6) is 3.21. The molecule has 0 amide bonds. The predicted molar refractivity (Wildman–Crippen MR) is 139 cm³/mol. The number of nitrogens with one attached hydrogen (secondary N) is 3. The third-order valence-electron chi connectivity index (χ3n) is 5.08. The van der Waals surface area contributed by atoms with Crippen molar-refractivity contribution < 1.29 is 17.9 Å². The molecule has 4 rings (SSSR count). The Morgan fingerprint density at radius 3 is 2.06 bits per heavy atom. The van der Waals surface area contributed by atoms with E-state index in [1.165, 1.54) is 26.4 Å². The lowest BCUT2D eigenvalue weighted by Gasteiger charge is -2.13. The molecule has 36 heavy (non-hydrogen) atoms. The molecule has 2 aromatic heterocycles. The number of hydrogen-bond donors (Lipinski definition) is 3. The van der Waals surface area contributed by atoms with Crippen LogP contribution in [0.3, 0.4) is 0 Å². The van der Waals surface area contributed by atoms with E-state index >= 15 is 0 Å². The Bertz CT molecular complexity index is 1480. The molecule has 0 spiro atoms. The number of methoxy groups -OCH3 is 2. The Labute approximate surface area is 209 Å². The Morgan fingerprint density at radius 1 is 0.722 bits per heavy atom. The molecule has 186 valence electrons. The maximum atomic E-state index is 12.8. The van der Waals surface area contributed by atoms with Crippen LogP contribution in [0.15, 0.2) is 71.8 Å². The van der Waals surface area contributed by atoms with Gasteiger partial charge in [-0.25, -0.2) is 23.4 Å². The quantitative estimate of drug-likeness (QED) is 0.293. The Kier molecular flexibility index (Phi) is 7.20. The molecule has 0 unspecified atom stereocenters. The van der Waals surface area contributed by atoms with E-state index in [4.69, 9.17) is 9.47 Å². The van der Waals surface area contributed by atoms with Crippen molar-refractivity contribution in [1.29, 1.82) is 0 Å². The zero-order valence-corrected chi connectivity index (χ0v) is 21.1. The zero-order chi connectivity index (χ0) is 25.7. The zero-order valence-electron chi connectivity index (χ0n) is 20.2. The van der Waals surface area contributed by atoms with Crippen LogP contribution in [-0.4, -0.2) is 37.6 Å². The lowest BCUT2D eigenvalue weighted by molar-refractivity contribution is 0.354. The van der Waals surface area contributed by atoms with Crippen LogP contribution in [0.25, 0.3) is 0 Å². The van der Waals surface area contributed by atoms with Gasteiger partial charge in [0, 0.05) is 29.7 Å². The number of ether oxygens (including phenoxy) is 2. The second-order valence-corrected chi connectivity index (χ2v) is 9.54. The van der Waals surface area contributed by atoms with Crippen LogP contribution >= 0.6 is 0 Å². The molecule has 0 saturated heterocycles. The van der Waals surface area contributed by atoms with Gasteiger partial charge in [-0.15, -0.1) is 0 Å². The number of aromatic nitrogens is 3. The maximum absolute atomic E-state index is 12.8. The van der Waals surface area contributed by atoms with Crippen molar-refractivity contribution >= 4 is 38.9 Å². The summed E-state index contributed by atoms with van der Waals surface area (Å²) in [5.41, 5.74) is 2.21. The van der Waals surface area contributed by atoms with Crippen LogP contribution in [0.1, 0.15) is 11.4 Å². The number of pyridine rings is 1. The molecular weight excluding hydrogens is 480 g/mol. The fraction of sp³-hybridized carbons (Fsp3) is 0.160. The Morgan fingerprint density at radius 2 is 1.39 bits per heavy atom. The summed E-state index contributed by atoms with van der Waals surface area (Å²) in [5, 5.41) is 6.39. The van der Waals surface area contributed by atoms with Crippen molar-refractivity contribution in [2.24, 2.45) is 0 Å². The third-order valence-corrected chi connectivity index (χ3v) is 6.46. The van der Waals surface area contributed by atoms with E-state index in [2.05, 4.69) is 30.3 Å². The monoisotopic (exact) mass is 506 g/mol. The van der Waals surface area contributed by atoms with Crippen LogP contribution in [0.4, 0.5) is 28.8 Å². The van der Waals surface area contributed by atoms with Gasteiger partial charge < -0.3 is 20.1 Å². The first-order valence-electron chi connectivity index (χ1n) is 10.9. The molecule has 10 nitrogen and oxygen atoms in total. The summed E-state index contributed by atoms with van der Waals surface area (Å²) >= 11 is 0. The van der Waals surface area contributed by atoms with E-state index in [9.17, 15) is 8.42 Å². The smallest absolute Gasteiger partial charge is 0.262 e. The average molecular weight is 507 g/mol. The molecule has 0 aliphatic carbocycles. The number of sulfonamides is 1. The van der Waals surface area contributed by atoms with E-state index in [1.54, 1.807) is 49.5 Å². The number of rotatable bonds is 9. The molecule has 0 saturated carbocycles. The van der Waals surface area contributed by atoms with Crippen molar-refractivity contribution in [1.82, 2.24) is 15.0 Å². The standard InChI is InChI=1S/C25H26N6O4S/c1-16-11-12-26-23(13-16)30-25-15-24(27-17(2)28-25)29-18-5-7-19(8-6-18)31-36(32,33)20-9-10-21(34-3)22(14-20)35-4/h5-15,31H,1-4H3,(H2,26,27,28,29,30). The van der Waals surface area contributed by atoms with E-state index in [1.807, 2.05) is 19.1 Å². The van der Waals surface area contributed by atoms with E-state index in [-0.39, 0.29) is 4.90 Å². The fourth-order valence-electron chi connectivity index (χ4n) is 3.40. The molecule has 2 heterocycles. The second kappa shape index (κ2) is 10.5. The average Bonchev–Trinajstić information content (AvgIpc) is 2.84. The Hall–Kier alpha value is -4.38. The van der Waals surface area contributed by atoms with Crippen molar-refractivity contribution in [3.8, 4) is 11.5 Å². The largest absolute Gasteiger partial charge is 0.493 e. The molecule has 0 aliphatic rings. The topological polar surface area (TPSA) is 127 Å². The fourth-order valence-corrected chi connectivity index (χ4v) is 4.47. The first kappa shape index (κ1) is 24.7. The van der Waals surface area contributed by atoms with Gasteiger partial charge in [0.25, 0.3) is 10.0 Å². The van der Waals surface area contributed by atoms with Gasteiger partial charge in [-0.1, -0.05) is 0 Å². The molecule has 0 atom stereocenters. The lowest BCUT2D eigenvalue weighted by Crippen LogP contribution is -2.13. The van der Waals surface area contributed by atoms with Gasteiger partial charge in [-0.3, -0.25) is 4.72 Å². The van der Waals surface area contributed by atoms with Gasteiger partial charge in [0.1, 0.15) is 23.3 Å². The van der Waals surface area contributed by atoms with Crippen LogP contribution < -0.4 is 24.8 Å². The summed E-state index contributed by atoms with van der Waals surface area (Å²) in [6.07, 6.45) is 1.73. The number of aryl methyl sites for hydroxylation is 2. The maximum Gasteiger partial charge on any atom is 0.262 e. The molecule has 0 aliphatic heterocycles. The van der Waals surface area contributed by atoms with Crippen molar-refractivity contribution in [3.05, 3.63) is 78.2 Å². The molecule has 2 aromatic carbocycles. The van der Waals surface area contributed by atoms with Gasteiger partial charge in [0.2, 0.25) is 0 Å². The molecule has 0 bridgehead atoms. The van der Waals surface area contributed by atoms with Gasteiger partial charge >= 0.3 is 0 Å². The van der Waals surface area contributed by atoms with Crippen molar-refractivity contribution in [3.63, 3.8) is 0 Å². The highest BCUT2D eigenvalue weighted by molar-refractivity contribution is 7.92. The summed E-state index contributed by atoms with van der Waals surface area (Å²) in [6.45, 7) is 3.79. The minimum Gasteiger partial charge on any atom is -0.493 e. The van der Waals surface area contributed by atoms with Crippen molar-refractivity contribution in [2.75, 3.05) is 29.6 Å². The first-order valence-corrected chi connectivity index (χ1v) is 12.4. The Balaban J connectivity index is 1.47. The summed E-state index contributed by atoms with van der Waals surface area (Å²) < 4.78 is 38.6. The highest BCUT2D eigenvalue weighted by Crippen LogP contribution is 2.30. The van der Waals surface area contributed by atoms with E-state index < -0.39 is 10.0 Å². The summed E-state index contributed by atoms with van der Waals surface area (Å²) in [6, 6.07) is 16.8. The molecule has 11 heteroatoms. The number of benzene rings is 2. The number of hydrogen-bond acceptors (Lipinski definition) is 9. The van der Waals surface area contributed by atoms with Gasteiger partial charge in [0.15, 0.2) is 11.5 Å². The highest BCUT2D eigenvalue weighted by Gasteiger charge is 2.17. The third kappa shape index (κ3) is 5.99. The van der Waals surface area contributed by atoms with Gasteiger partial charge in [-0.05, 0) is 67.9 Å². The number of anilines is 5. The van der Waals surface area contributed by atoms with Crippen LogP contribution in [-0.2, 0) is 10.0 Å². The van der Waals surface area contributed by atoms with Crippen molar-refractivity contribution in [2.45, 2.75) is 18.7 Å².